The number of benzene rings is 1. The van der Waals surface area contributed by atoms with Gasteiger partial charge in [0.15, 0.2) is 0 Å². The third-order valence-corrected chi connectivity index (χ3v) is 5.55. The van der Waals surface area contributed by atoms with Gasteiger partial charge in [-0.05, 0) is 55.3 Å². The first kappa shape index (κ1) is 17.6. The van der Waals surface area contributed by atoms with E-state index in [1.807, 2.05) is 23.3 Å². The number of nitrogens with two attached hydrogens (primary N) is 1. The molecule has 1 aliphatic heterocycles. The van der Waals surface area contributed by atoms with Gasteiger partial charge in [-0.15, -0.1) is 11.3 Å². The zero-order chi connectivity index (χ0) is 17.8. The number of nitrogens with zero attached hydrogens (tertiary/aromatic N) is 1. The number of rotatable bonds is 4. The summed E-state index contributed by atoms with van der Waals surface area (Å²) < 4.78 is 0. The van der Waals surface area contributed by atoms with E-state index in [2.05, 4.69) is 5.32 Å². The van der Waals surface area contributed by atoms with E-state index in [-0.39, 0.29) is 17.9 Å². The van der Waals surface area contributed by atoms with Crippen molar-refractivity contribution in [2.75, 3.05) is 18.4 Å². The summed E-state index contributed by atoms with van der Waals surface area (Å²) in [5.74, 6) is 0.341. The van der Waals surface area contributed by atoms with Crippen LogP contribution in [0.15, 0.2) is 41.8 Å². The van der Waals surface area contributed by atoms with Gasteiger partial charge in [0.2, 0.25) is 0 Å². The number of amides is 2. The second kappa shape index (κ2) is 7.80. The standard InChI is InChI=1S/C19H23N3O2S/c1-13(20)14-7-9-22(10-8-14)19(24)15-4-2-5-16(12-15)21-18(23)17-6-3-11-25-17/h2-6,11-14H,7-10,20H2,1H3,(H,21,23). The molecule has 0 bridgehead atoms. The second-order valence-electron chi connectivity index (χ2n) is 6.50. The summed E-state index contributed by atoms with van der Waals surface area (Å²) in [4.78, 5) is 27.4. The van der Waals surface area contributed by atoms with Crippen LogP contribution in [0.3, 0.4) is 0 Å². The van der Waals surface area contributed by atoms with Gasteiger partial charge in [0.25, 0.3) is 11.8 Å². The van der Waals surface area contributed by atoms with Crippen molar-refractivity contribution in [2.24, 2.45) is 11.7 Å². The smallest absolute Gasteiger partial charge is 0.265 e. The fourth-order valence-electron chi connectivity index (χ4n) is 3.14. The van der Waals surface area contributed by atoms with Gasteiger partial charge in [-0.25, -0.2) is 0 Å². The summed E-state index contributed by atoms with van der Waals surface area (Å²) in [5, 5.41) is 4.71. The Labute approximate surface area is 151 Å². The quantitative estimate of drug-likeness (QED) is 0.882. The molecule has 1 aliphatic rings. The van der Waals surface area contributed by atoms with Crippen molar-refractivity contribution in [3.05, 3.63) is 52.2 Å². The van der Waals surface area contributed by atoms with Crippen LogP contribution in [-0.4, -0.2) is 35.8 Å². The Morgan fingerprint density at radius 2 is 2.00 bits per heavy atom. The maximum Gasteiger partial charge on any atom is 0.265 e. The minimum absolute atomic E-state index is 0.00958. The summed E-state index contributed by atoms with van der Waals surface area (Å²) in [6, 6.07) is 10.9. The van der Waals surface area contributed by atoms with Crippen molar-refractivity contribution in [2.45, 2.75) is 25.8 Å². The number of likely N-dealkylation sites (tertiary alicyclic amines) is 1. The summed E-state index contributed by atoms with van der Waals surface area (Å²) in [6.07, 6.45) is 1.89. The van der Waals surface area contributed by atoms with Crippen LogP contribution in [0, 0.1) is 5.92 Å². The van der Waals surface area contributed by atoms with Crippen molar-refractivity contribution in [3.8, 4) is 0 Å². The van der Waals surface area contributed by atoms with Gasteiger partial charge < -0.3 is 16.0 Å². The minimum Gasteiger partial charge on any atom is -0.339 e. The fourth-order valence-corrected chi connectivity index (χ4v) is 3.76. The first-order valence-corrected chi connectivity index (χ1v) is 9.42. The first-order chi connectivity index (χ1) is 12.0. The minimum atomic E-state index is -0.155. The number of thiophene rings is 1. The largest absolute Gasteiger partial charge is 0.339 e. The van der Waals surface area contributed by atoms with Crippen LogP contribution < -0.4 is 11.1 Å². The Morgan fingerprint density at radius 1 is 1.24 bits per heavy atom. The van der Waals surface area contributed by atoms with Crippen LogP contribution in [0.5, 0.6) is 0 Å². The highest BCUT2D eigenvalue weighted by molar-refractivity contribution is 7.12. The monoisotopic (exact) mass is 357 g/mol. The van der Waals surface area contributed by atoms with Crippen LogP contribution in [0.25, 0.3) is 0 Å². The number of carbonyl (C=O) groups excluding carboxylic acids is 2. The molecular formula is C19H23N3O2S. The number of piperidine rings is 1. The lowest BCUT2D eigenvalue weighted by molar-refractivity contribution is 0.0681. The molecule has 132 valence electrons. The maximum atomic E-state index is 12.7. The van der Waals surface area contributed by atoms with Gasteiger partial charge in [0.1, 0.15) is 0 Å². The maximum absolute atomic E-state index is 12.7. The molecule has 1 fully saturated rings. The van der Waals surface area contributed by atoms with Crippen LogP contribution in [0.4, 0.5) is 5.69 Å². The SMILES string of the molecule is CC(N)C1CCN(C(=O)c2cccc(NC(=O)c3cccs3)c2)CC1. The molecule has 6 heteroatoms. The molecule has 1 aromatic carbocycles. The molecule has 1 atom stereocenters. The number of hydrogen-bond donors (Lipinski definition) is 2. The van der Waals surface area contributed by atoms with E-state index < -0.39 is 0 Å². The summed E-state index contributed by atoms with van der Waals surface area (Å²) in [5.41, 5.74) is 7.20. The highest BCUT2D eigenvalue weighted by Crippen LogP contribution is 2.22. The second-order valence-corrected chi connectivity index (χ2v) is 7.45. The van der Waals surface area contributed by atoms with Crippen molar-refractivity contribution in [1.29, 1.82) is 0 Å². The molecule has 2 aromatic rings. The summed E-state index contributed by atoms with van der Waals surface area (Å²) >= 11 is 1.39. The molecule has 2 amide bonds. The van der Waals surface area contributed by atoms with Crippen LogP contribution in [0.1, 0.15) is 39.8 Å². The van der Waals surface area contributed by atoms with Crippen LogP contribution in [-0.2, 0) is 0 Å². The van der Waals surface area contributed by atoms with E-state index in [1.54, 1.807) is 30.3 Å². The van der Waals surface area contributed by atoms with Gasteiger partial charge in [-0.1, -0.05) is 12.1 Å². The van der Waals surface area contributed by atoms with E-state index in [0.717, 1.165) is 25.9 Å². The lowest BCUT2D eigenvalue weighted by Crippen LogP contribution is -2.42. The summed E-state index contributed by atoms with van der Waals surface area (Å²) in [7, 11) is 0. The number of hydrogen-bond acceptors (Lipinski definition) is 4. The number of anilines is 1. The molecule has 25 heavy (non-hydrogen) atoms. The Morgan fingerprint density at radius 3 is 2.64 bits per heavy atom. The van der Waals surface area contributed by atoms with Gasteiger partial charge in [-0.3, -0.25) is 9.59 Å². The van der Waals surface area contributed by atoms with Crippen molar-refractivity contribution < 1.29 is 9.59 Å². The van der Waals surface area contributed by atoms with Crippen LogP contribution in [0.2, 0.25) is 0 Å². The molecular weight excluding hydrogens is 334 g/mol. The molecule has 1 aromatic heterocycles. The average molecular weight is 357 g/mol. The third-order valence-electron chi connectivity index (χ3n) is 4.68. The highest BCUT2D eigenvalue weighted by Gasteiger charge is 2.25. The zero-order valence-corrected chi connectivity index (χ0v) is 15.1. The molecule has 1 unspecified atom stereocenters. The molecule has 3 rings (SSSR count). The lowest BCUT2D eigenvalue weighted by atomic mass is 9.90. The summed E-state index contributed by atoms with van der Waals surface area (Å²) in [6.45, 7) is 3.50. The predicted molar refractivity (Wildman–Crippen MR) is 101 cm³/mol. The van der Waals surface area contributed by atoms with Gasteiger partial charge in [0, 0.05) is 30.4 Å². The highest BCUT2D eigenvalue weighted by atomic mass is 32.1. The Hall–Kier alpha value is -2.18. The number of nitrogens with one attached hydrogen (secondary N) is 1. The third kappa shape index (κ3) is 4.27. The molecule has 0 radical (unpaired) electrons. The number of carbonyl (C=O) groups is 2. The molecule has 0 aliphatic carbocycles. The van der Waals surface area contributed by atoms with Crippen molar-refractivity contribution in [1.82, 2.24) is 4.90 Å². The molecule has 0 spiro atoms. The van der Waals surface area contributed by atoms with E-state index in [1.165, 1.54) is 11.3 Å². The zero-order valence-electron chi connectivity index (χ0n) is 14.3. The van der Waals surface area contributed by atoms with Crippen LogP contribution >= 0.6 is 11.3 Å². The molecule has 5 nitrogen and oxygen atoms in total. The van der Waals surface area contributed by atoms with E-state index in [4.69, 9.17) is 5.73 Å². The average Bonchev–Trinajstić information content (AvgIpc) is 3.16. The van der Waals surface area contributed by atoms with Gasteiger partial charge in [-0.2, -0.15) is 0 Å². The van der Waals surface area contributed by atoms with E-state index in [0.29, 0.717) is 22.0 Å². The predicted octanol–water partition coefficient (Wildman–Crippen LogP) is 3.20. The Kier molecular flexibility index (Phi) is 5.50. The van der Waals surface area contributed by atoms with Gasteiger partial charge >= 0.3 is 0 Å². The Balaban J connectivity index is 1.65. The lowest BCUT2D eigenvalue weighted by Gasteiger charge is -2.33. The molecule has 2 heterocycles. The Bertz CT molecular complexity index is 735. The van der Waals surface area contributed by atoms with E-state index in [9.17, 15) is 9.59 Å². The first-order valence-electron chi connectivity index (χ1n) is 8.54. The molecule has 3 N–H and O–H groups in total. The van der Waals surface area contributed by atoms with E-state index >= 15 is 0 Å². The van der Waals surface area contributed by atoms with Crippen molar-refractivity contribution >= 4 is 28.8 Å². The molecule has 0 saturated carbocycles. The topological polar surface area (TPSA) is 75.4 Å². The normalized spacial score (nSPS) is 16.5. The molecule has 1 saturated heterocycles. The fraction of sp³-hybridized carbons (Fsp3) is 0.368. The van der Waals surface area contributed by atoms with Gasteiger partial charge in [0.05, 0.1) is 4.88 Å². The van der Waals surface area contributed by atoms with Crippen molar-refractivity contribution in [3.63, 3.8) is 0 Å².